The van der Waals surface area contributed by atoms with Crippen LogP contribution in [0.4, 0.5) is 9.18 Å². The molecule has 4 N–H and O–H groups in total. The Morgan fingerprint density at radius 2 is 1.58 bits per heavy atom. The molecule has 1 aromatic rings. The maximum Gasteiger partial charge on any atom is 0.408 e. The third-order valence-electron chi connectivity index (χ3n) is 4.58. The molecule has 0 aromatic heterocycles. The summed E-state index contributed by atoms with van der Waals surface area (Å²) in [4.78, 5) is 59.4. The van der Waals surface area contributed by atoms with Crippen molar-refractivity contribution in [3.8, 4) is 0 Å². The zero-order chi connectivity index (χ0) is 25.0. The van der Waals surface area contributed by atoms with Crippen molar-refractivity contribution in [1.82, 2.24) is 16.0 Å². The average Bonchev–Trinajstić information content (AvgIpc) is 2.75. The topological polar surface area (TPSA) is 151 Å². The smallest absolute Gasteiger partial charge is 0.408 e. The molecule has 182 valence electrons. The van der Waals surface area contributed by atoms with Crippen molar-refractivity contribution in [2.24, 2.45) is 5.92 Å². The number of alkyl carbamates (subject to hydrolysis) is 1. The lowest BCUT2D eigenvalue weighted by molar-refractivity contribution is -0.138. The Labute approximate surface area is 191 Å². The minimum Gasteiger partial charge on any atom is -0.481 e. The largest absolute Gasteiger partial charge is 0.481 e. The fourth-order valence-electron chi connectivity index (χ4n) is 2.84. The van der Waals surface area contributed by atoms with E-state index in [4.69, 9.17) is 9.84 Å². The zero-order valence-corrected chi connectivity index (χ0v) is 18.8. The molecule has 0 spiro atoms. The highest BCUT2D eigenvalue weighted by molar-refractivity contribution is 5.91. The number of carbonyl (C=O) groups excluding carboxylic acids is 4. The summed E-state index contributed by atoms with van der Waals surface area (Å²) in [5.74, 6) is -3.88. The molecule has 0 radical (unpaired) electrons. The first-order chi connectivity index (χ1) is 15.5. The molecule has 0 aliphatic heterocycles. The van der Waals surface area contributed by atoms with Gasteiger partial charge in [0.1, 0.15) is 25.4 Å². The maximum atomic E-state index is 12.6. The number of carboxylic acids is 1. The van der Waals surface area contributed by atoms with Crippen LogP contribution in [0, 0.1) is 5.92 Å². The highest BCUT2D eigenvalue weighted by Crippen LogP contribution is 2.06. The van der Waals surface area contributed by atoms with Gasteiger partial charge in [-0.2, -0.15) is 0 Å². The third-order valence-corrected chi connectivity index (χ3v) is 4.58. The van der Waals surface area contributed by atoms with Crippen LogP contribution in [0.5, 0.6) is 0 Å². The number of ether oxygens (including phenoxy) is 1. The van der Waals surface area contributed by atoms with Gasteiger partial charge in [0, 0.05) is 12.5 Å². The van der Waals surface area contributed by atoms with E-state index in [0.29, 0.717) is 0 Å². The van der Waals surface area contributed by atoms with Crippen LogP contribution in [0.1, 0.15) is 39.2 Å². The Kier molecular flexibility index (Phi) is 11.5. The molecular weight excluding hydrogens is 437 g/mol. The third kappa shape index (κ3) is 10.6. The molecule has 3 atom stereocenters. The van der Waals surface area contributed by atoms with E-state index in [1.165, 1.54) is 6.92 Å². The van der Waals surface area contributed by atoms with E-state index in [-0.39, 0.29) is 12.5 Å². The molecule has 0 saturated heterocycles. The minimum absolute atomic E-state index is 0.0144. The van der Waals surface area contributed by atoms with E-state index in [9.17, 15) is 28.4 Å². The van der Waals surface area contributed by atoms with Crippen LogP contribution in [0.3, 0.4) is 0 Å². The molecule has 3 amide bonds. The van der Waals surface area contributed by atoms with E-state index in [0.717, 1.165) is 5.56 Å². The molecule has 1 rings (SSSR count). The molecule has 1 aromatic carbocycles. The van der Waals surface area contributed by atoms with Gasteiger partial charge < -0.3 is 25.8 Å². The lowest BCUT2D eigenvalue weighted by Crippen LogP contribution is -2.55. The second kappa shape index (κ2) is 13.8. The van der Waals surface area contributed by atoms with Crippen LogP contribution < -0.4 is 16.0 Å². The number of carboxylic acid groups (broad SMARTS) is 1. The van der Waals surface area contributed by atoms with Gasteiger partial charge in [0.2, 0.25) is 11.8 Å². The number of benzene rings is 1. The van der Waals surface area contributed by atoms with Crippen molar-refractivity contribution in [2.75, 3.05) is 6.67 Å². The van der Waals surface area contributed by atoms with Crippen LogP contribution in [0.15, 0.2) is 30.3 Å². The molecule has 0 aliphatic carbocycles. The molecule has 0 unspecified atom stereocenters. The van der Waals surface area contributed by atoms with Crippen molar-refractivity contribution in [3.05, 3.63) is 35.9 Å². The molecule has 0 fully saturated rings. The first-order valence-electron chi connectivity index (χ1n) is 10.4. The Hall–Kier alpha value is -3.50. The lowest BCUT2D eigenvalue weighted by Gasteiger charge is -2.24. The molecule has 0 heterocycles. The van der Waals surface area contributed by atoms with Crippen LogP contribution in [-0.4, -0.2) is 59.6 Å². The van der Waals surface area contributed by atoms with Gasteiger partial charge in [-0.15, -0.1) is 0 Å². The molecule has 0 aliphatic rings. The summed E-state index contributed by atoms with van der Waals surface area (Å²) in [5.41, 5.74) is 0.769. The maximum absolute atomic E-state index is 12.6. The number of carbonyl (C=O) groups is 5. The quantitative estimate of drug-likeness (QED) is 0.342. The van der Waals surface area contributed by atoms with Gasteiger partial charge in [-0.05, 0) is 18.4 Å². The van der Waals surface area contributed by atoms with E-state index in [1.807, 2.05) is 6.07 Å². The van der Waals surface area contributed by atoms with Gasteiger partial charge in [-0.1, -0.05) is 44.2 Å². The Balaban J connectivity index is 2.66. The number of rotatable bonds is 13. The van der Waals surface area contributed by atoms with E-state index < -0.39 is 67.3 Å². The van der Waals surface area contributed by atoms with Crippen LogP contribution >= 0.6 is 0 Å². The van der Waals surface area contributed by atoms with E-state index >= 15 is 0 Å². The average molecular weight is 467 g/mol. The predicted molar refractivity (Wildman–Crippen MR) is 116 cm³/mol. The number of nitrogens with one attached hydrogen (secondary N) is 3. The van der Waals surface area contributed by atoms with Crippen molar-refractivity contribution in [3.63, 3.8) is 0 Å². The summed E-state index contributed by atoms with van der Waals surface area (Å²) in [7, 11) is 0. The fourth-order valence-corrected chi connectivity index (χ4v) is 2.84. The molecule has 0 saturated carbocycles. The predicted octanol–water partition coefficient (Wildman–Crippen LogP) is 1.33. The number of hydrogen-bond acceptors (Lipinski definition) is 6. The Morgan fingerprint density at radius 1 is 0.939 bits per heavy atom. The first kappa shape index (κ1) is 27.5. The summed E-state index contributed by atoms with van der Waals surface area (Å²) >= 11 is 0. The Bertz CT molecular complexity index is 833. The van der Waals surface area contributed by atoms with Crippen LogP contribution in [-0.2, 0) is 30.5 Å². The number of halogens is 1. The zero-order valence-electron chi connectivity index (χ0n) is 18.8. The second-order valence-corrected chi connectivity index (χ2v) is 7.84. The van der Waals surface area contributed by atoms with Gasteiger partial charge in [-0.25, -0.2) is 9.18 Å². The summed E-state index contributed by atoms with van der Waals surface area (Å²) in [6, 6.07) is 5.72. The standard InChI is InChI=1S/C22H30FN3O7/c1-13(2)19(26-22(32)33-12-15-7-5-4-6-8-15)21(31)24-14(3)20(30)25-16(10-18(28)29)9-17(27)11-23/h4-8,13-14,16,19H,9-12H2,1-3H3,(H,24,31)(H,25,30)(H,26,32)(H,28,29)/t14-,16-,19-/m0/s1. The minimum atomic E-state index is -1.28. The van der Waals surface area contributed by atoms with E-state index in [2.05, 4.69) is 16.0 Å². The number of amides is 3. The molecule has 0 bridgehead atoms. The van der Waals surface area contributed by atoms with Crippen LogP contribution in [0.2, 0.25) is 0 Å². The van der Waals surface area contributed by atoms with Gasteiger partial charge in [0.05, 0.1) is 6.42 Å². The summed E-state index contributed by atoms with van der Waals surface area (Å²) < 4.78 is 17.6. The molecule has 10 nitrogen and oxygen atoms in total. The monoisotopic (exact) mass is 467 g/mol. The summed E-state index contributed by atoms with van der Waals surface area (Å²) in [5, 5.41) is 16.2. The highest BCUT2D eigenvalue weighted by atomic mass is 19.1. The van der Waals surface area contributed by atoms with Crippen molar-refractivity contribution in [1.29, 1.82) is 0 Å². The summed E-state index contributed by atoms with van der Waals surface area (Å²) in [6.45, 7) is 3.48. The van der Waals surface area contributed by atoms with Gasteiger partial charge in [0.15, 0.2) is 5.78 Å². The SMILES string of the molecule is CC(C)[C@H](NC(=O)OCc1ccccc1)C(=O)N[C@@H](C)C(=O)N[C@H](CC(=O)O)CC(=O)CF. The fraction of sp³-hybridized carbons (Fsp3) is 0.500. The van der Waals surface area contributed by atoms with Crippen molar-refractivity contribution >= 4 is 29.7 Å². The number of Topliss-reactive ketones (excluding diaryl/α,β-unsaturated/α-hetero) is 1. The Morgan fingerprint density at radius 3 is 2.12 bits per heavy atom. The number of ketones is 1. The first-order valence-corrected chi connectivity index (χ1v) is 10.4. The lowest BCUT2D eigenvalue weighted by atomic mass is 10.0. The second-order valence-electron chi connectivity index (χ2n) is 7.84. The normalized spacial score (nSPS) is 13.4. The summed E-state index contributed by atoms with van der Waals surface area (Å²) in [6.07, 6.45) is -1.88. The molecule has 33 heavy (non-hydrogen) atoms. The number of aliphatic carboxylic acids is 1. The van der Waals surface area contributed by atoms with Gasteiger partial charge in [0.25, 0.3) is 0 Å². The number of hydrogen-bond donors (Lipinski definition) is 4. The molecular formula is C22H30FN3O7. The van der Waals surface area contributed by atoms with Crippen molar-refractivity contribution in [2.45, 2.75) is 58.3 Å². The highest BCUT2D eigenvalue weighted by Gasteiger charge is 2.29. The van der Waals surface area contributed by atoms with Gasteiger partial charge >= 0.3 is 12.1 Å². The van der Waals surface area contributed by atoms with E-state index in [1.54, 1.807) is 38.1 Å². The van der Waals surface area contributed by atoms with Crippen LogP contribution in [0.25, 0.3) is 0 Å². The van der Waals surface area contributed by atoms with Crippen molar-refractivity contribution < 1.29 is 38.2 Å². The molecule has 11 heteroatoms. The number of alkyl halides is 1. The van der Waals surface area contributed by atoms with Gasteiger partial charge in [-0.3, -0.25) is 19.2 Å².